The van der Waals surface area contributed by atoms with Gasteiger partial charge in [0.15, 0.2) is 0 Å². The molecule has 1 heterocycles. The molecule has 0 aliphatic heterocycles. The highest BCUT2D eigenvalue weighted by Crippen LogP contribution is 2.34. The lowest BCUT2D eigenvalue weighted by Gasteiger charge is -2.07. The van der Waals surface area contributed by atoms with Crippen LogP contribution in [0.2, 0.25) is 0 Å². The minimum absolute atomic E-state index is 0.758. The molecular formula is C24H26N2. The molecule has 4 aromatic rings. The zero-order chi connectivity index (χ0) is 17.9. The second-order valence-corrected chi connectivity index (χ2v) is 6.98. The van der Waals surface area contributed by atoms with Crippen molar-refractivity contribution < 1.29 is 0 Å². The Hall–Kier alpha value is -2.58. The molecule has 0 amide bonds. The Bertz CT molecular complexity index is 1040. The number of hydrogen-bond donors (Lipinski definition) is 2. The van der Waals surface area contributed by atoms with Crippen LogP contribution in [0.1, 0.15) is 30.9 Å². The lowest BCUT2D eigenvalue weighted by molar-refractivity contribution is 0.748. The Balaban J connectivity index is 1.89. The molecule has 1 aromatic heterocycles. The fraction of sp³-hybridized carbons (Fsp3) is 0.250. The van der Waals surface area contributed by atoms with Crippen LogP contribution in [0, 0.1) is 0 Å². The van der Waals surface area contributed by atoms with Crippen LogP contribution < -0.4 is 5.73 Å². The van der Waals surface area contributed by atoms with Crippen LogP contribution in [0.15, 0.2) is 60.7 Å². The molecule has 132 valence electrons. The molecule has 26 heavy (non-hydrogen) atoms. The fourth-order valence-electron chi connectivity index (χ4n) is 3.93. The van der Waals surface area contributed by atoms with Crippen LogP contribution in [0.4, 0.5) is 0 Å². The highest BCUT2D eigenvalue weighted by Gasteiger charge is 2.15. The first-order chi connectivity index (χ1) is 12.8. The normalized spacial score (nSPS) is 11.5. The van der Waals surface area contributed by atoms with Gasteiger partial charge in [-0.05, 0) is 65.8 Å². The highest BCUT2D eigenvalue weighted by molar-refractivity contribution is 5.95. The molecule has 2 nitrogen and oxygen atoms in total. The number of benzene rings is 3. The summed E-state index contributed by atoms with van der Waals surface area (Å²) in [6.07, 6.45) is 4.29. The van der Waals surface area contributed by atoms with E-state index in [4.69, 9.17) is 5.73 Å². The molecule has 0 saturated carbocycles. The number of para-hydroxylation sites is 1. The van der Waals surface area contributed by atoms with Crippen LogP contribution in [0.3, 0.4) is 0 Å². The average Bonchev–Trinajstić information content (AvgIpc) is 3.06. The first-order valence-electron chi connectivity index (χ1n) is 9.63. The second kappa shape index (κ2) is 7.35. The first-order valence-corrected chi connectivity index (χ1v) is 9.63. The van der Waals surface area contributed by atoms with E-state index in [0.29, 0.717) is 0 Å². The van der Waals surface area contributed by atoms with Gasteiger partial charge in [-0.25, -0.2) is 0 Å². The van der Waals surface area contributed by atoms with E-state index in [1.165, 1.54) is 44.1 Å². The van der Waals surface area contributed by atoms with Crippen molar-refractivity contribution in [3.8, 4) is 11.3 Å². The molecule has 0 bridgehead atoms. The van der Waals surface area contributed by atoms with Crippen molar-refractivity contribution in [1.29, 1.82) is 0 Å². The van der Waals surface area contributed by atoms with E-state index in [0.717, 1.165) is 32.2 Å². The van der Waals surface area contributed by atoms with Gasteiger partial charge < -0.3 is 10.7 Å². The summed E-state index contributed by atoms with van der Waals surface area (Å²) < 4.78 is 0. The third kappa shape index (κ3) is 3.02. The summed E-state index contributed by atoms with van der Waals surface area (Å²) in [5.41, 5.74) is 12.4. The number of nitrogens with one attached hydrogen (secondary N) is 1. The third-order valence-electron chi connectivity index (χ3n) is 5.33. The summed E-state index contributed by atoms with van der Waals surface area (Å²) in [6.45, 7) is 2.98. The monoisotopic (exact) mass is 342 g/mol. The van der Waals surface area contributed by atoms with Gasteiger partial charge in [0.05, 0.1) is 0 Å². The molecule has 2 heteroatoms. The smallest absolute Gasteiger partial charge is 0.0497 e. The molecule has 3 aromatic carbocycles. The van der Waals surface area contributed by atoms with Gasteiger partial charge in [0, 0.05) is 16.6 Å². The second-order valence-electron chi connectivity index (χ2n) is 6.98. The summed E-state index contributed by atoms with van der Waals surface area (Å²) in [6, 6.07) is 22.0. The number of nitrogens with two attached hydrogens (primary N) is 1. The van der Waals surface area contributed by atoms with Crippen molar-refractivity contribution in [2.45, 2.75) is 32.6 Å². The van der Waals surface area contributed by atoms with E-state index in [2.05, 4.69) is 72.6 Å². The van der Waals surface area contributed by atoms with Gasteiger partial charge in [0.2, 0.25) is 0 Å². The molecule has 0 saturated heterocycles. The summed E-state index contributed by atoms with van der Waals surface area (Å²) >= 11 is 0. The summed E-state index contributed by atoms with van der Waals surface area (Å²) in [7, 11) is 0. The Kier molecular flexibility index (Phi) is 4.77. The maximum atomic E-state index is 5.73. The van der Waals surface area contributed by atoms with Crippen molar-refractivity contribution in [3.05, 3.63) is 71.8 Å². The van der Waals surface area contributed by atoms with Crippen LogP contribution in [0.5, 0.6) is 0 Å². The van der Waals surface area contributed by atoms with Crippen LogP contribution >= 0.6 is 0 Å². The van der Waals surface area contributed by atoms with E-state index in [-0.39, 0.29) is 0 Å². The average molecular weight is 342 g/mol. The van der Waals surface area contributed by atoms with Gasteiger partial charge >= 0.3 is 0 Å². The fourth-order valence-corrected chi connectivity index (χ4v) is 3.93. The predicted octanol–water partition coefficient (Wildman–Crippen LogP) is 5.83. The zero-order valence-corrected chi connectivity index (χ0v) is 15.4. The lowest BCUT2D eigenvalue weighted by atomic mass is 9.97. The number of rotatable bonds is 6. The highest BCUT2D eigenvalue weighted by atomic mass is 14.7. The van der Waals surface area contributed by atoms with Gasteiger partial charge in [-0.3, -0.25) is 0 Å². The maximum Gasteiger partial charge on any atom is 0.0497 e. The number of aromatic nitrogens is 1. The third-order valence-corrected chi connectivity index (χ3v) is 5.33. The summed E-state index contributed by atoms with van der Waals surface area (Å²) in [4.78, 5) is 3.76. The number of unbranched alkanes of at least 4 members (excludes halogenated alkanes) is 1. The van der Waals surface area contributed by atoms with Gasteiger partial charge in [0.1, 0.15) is 0 Å². The summed E-state index contributed by atoms with van der Waals surface area (Å²) in [5, 5.41) is 3.93. The molecule has 3 N–H and O–H groups in total. The van der Waals surface area contributed by atoms with Gasteiger partial charge in [-0.2, -0.15) is 0 Å². The van der Waals surface area contributed by atoms with Gasteiger partial charge in [0.25, 0.3) is 0 Å². The first kappa shape index (κ1) is 16.9. The van der Waals surface area contributed by atoms with E-state index in [9.17, 15) is 0 Å². The predicted molar refractivity (Wildman–Crippen MR) is 113 cm³/mol. The van der Waals surface area contributed by atoms with E-state index in [1.54, 1.807) is 0 Å². The molecule has 0 spiro atoms. The number of hydrogen-bond acceptors (Lipinski definition) is 1. The van der Waals surface area contributed by atoms with E-state index >= 15 is 0 Å². The summed E-state index contributed by atoms with van der Waals surface area (Å²) in [5.74, 6) is 0. The SMILES string of the molecule is CCc1cccc2c(CCCCN)c(-c3ccc4ccccc4c3)[nH]c12. The standard InChI is InChI=1S/C24H26N2/c1-2-17-10-7-12-22-21(11-5-6-15-25)24(26-23(17)22)20-14-13-18-8-3-4-9-19(18)16-20/h3-4,7-10,12-14,16,26H,2,5-6,11,15,25H2,1H3. The number of H-pyrrole nitrogens is 1. The van der Waals surface area contributed by atoms with Gasteiger partial charge in [-0.15, -0.1) is 0 Å². The molecule has 4 rings (SSSR count). The largest absolute Gasteiger partial charge is 0.354 e. The van der Waals surface area contributed by atoms with Crippen molar-refractivity contribution in [2.75, 3.05) is 6.54 Å². The Morgan fingerprint density at radius 2 is 1.73 bits per heavy atom. The number of fused-ring (bicyclic) bond motifs is 2. The topological polar surface area (TPSA) is 41.8 Å². The molecule has 0 atom stereocenters. The molecule has 0 unspecified atom stereocenters. The quantitative estimate of drug-likeness (QED) is 0.425. The lowest BCUT2D eigenvalue weighted by Crippen LogP contribution is -1.99. The van der Waals surface area contributed by atoms with Crippen molar-refractivity contribution >= 4 is 21.7 Å². The van der Waals surface area contributed by atoms with Crippen molar-refractivity contribution in [3.63, 3.8) is 0 Å². The van der Waals surface area contributed by atoms with Gasteiger partial charge in [-0.1, -0.05) is 61.5 Å². The Labute approximate surface area is 155 Å². The van der Waals surface area contributed by atoms with Crippen LogP contribution in [-0.2, 0) is 12.8 Å². The molecule has 0 aliphatic rings. The van der Waals surface area contributed by atoms with Crippen molar-refractivity contribution in [1.82, 2.24) is 4.98 Å². The molecular weight excluding hydrogens is 316 g/mol. The Morgan fingerprint density at radius 1 is 0.885 bits per heavy atom. The molecule has 0 radical (unpaired) electrons. The maximum absolute atomic E-state index is 5.73. The number of aryl methyl sites for hydroxylation is 2. The number of aromatic amines is 1. The minimum Gasteiger partial charge on any atom is -0.354 e. The van der Waals surface area contributed by atoms with E-state index < -0.39 is 0 Å². The minimum atomic E-state index is 0.758. The van der Waals surface area contributed by atoms with Crippen molar-refractivity contribution in [2.24, 2.45) is 5.73 Å². The van der Waals surface area contributed by atoms with Crippen LogP contribution in [-0.4, -0.2) is 11.5 Å². The molecule has 0 aliphatic carbocycles. The van der Waals surface area contributed by atoms with E-state index in [1.807, 2.05) is 0 Å². The molecule has 0 fully saturated rings. The Morgan fingerprint density at radius 3 is 2.54 bits per heavy atom. The van der Waals surface area contributed by atoms with Crippen LogP contribution in [0.25, 0.3) is 32.9 Å². The zero-order valence-electron chi connectivity index (χ0n) is 15.4.